The van der Waals surface area contributed by atoms with Gasteiger partial charge in [0.05, 0.1) is 0 Å². The molecule has 1 aliphatic heterocycles. The number of amides is 1. The fraction of sp³-hybridized carbons (Fsp3) is 0.533. The minimum absolute atomic E-state index is 0.0646. The number of carbonyl (C=O) groups is 1. The van der Waals surface area contributed by atoms with E-state index in [9.17, 15) is 15.0 Å². The zero-order chi connectivity index (χ0) is 13.8. The predicted molar refractivity (Wildman–Crippen MR) is 73.3 cm³/mol. The topological polar surface area (TPSA) is 60.8 Å². The molecule has 19 heavy (non-hydrogen) atoms. The Morgan fingerprint density at radius 2 is 1.95 bits per heavy atom. The van der Waals surface area contributed by atoms with Gasteiger partial charge in [-0.15, -0.1) is 0 Å². The van der Waals surface area contributed by atoms with Gasteiger partial charge in [0, 0.05) is 18.7 Å². The monoisotopic (exact) mass is 263 g/mol. The molecule has 4 heteroatoms. The Balaban J connectivity index is 1.99. The van der Waals surface area contributed by atoms with Gasteiger partial charge in [-0.05, 0) is 37.0 Å². The highest BCUT2D eigenvalue weighted by molar-refractivity contribution is 5.94. The Morgan fingerprint density at radius 3 is 2.53 bits per heavy atom. The van der Waals surface area contributed by atoms with Crippen LogP contribution >= 0.6 is 0 Å². The number of piperidine rings is 1. The standard InChI is InChI=1S/C15H21NO3/c1-2-3-11-6-8-16(9-7-11)15(19)12-4-5-13(17)14(18)10-12/h4-5,10-11,17-18H,2-3,6-9H2,1H3. The Morgan fingerprint density at radius 1 is 1.26 bits per heavy atom. The summed E-state index contributed by atoms with van der Waals surface area (Å²) in [5, 5.41) is 18.7. The Kier molecular flexibility index (Phi) is 4.30. The molecule has 0 aliphatic carbocycles. The summed E-state index contributed by atoms with van der Waals surface area (Å²) >= 11 is 0. The fourth-order valence-corrected chi connectivity index (χ4v) is 2.67. The molecule has 1 aliphatic rings. The zero-order valence-corrected chi connectivity index (χ0v) is 11.3. The first kappa shape index (κ1) is 13.7. The quantitative estimate of drug-likeness (QED) is 0.824. The van der Waals surface area contributed by atoms with Crippen LogP contribution in [-0.4, -0.2) is 34.1 Å². The highest BCUT2D eigenvalue weighted by Crippen LogP contribution is 2.27. The average molecular weight is 263 g/mol. The lowest BCUT2D eigenvalue weighted by molar-refractivity contribution is 0.0686. The lowest BCUT2D eigenvalue weighted by atomic mass is 9.92. The number of benzene rings is 1. The van der Waals surface area contributed by atoms with Crippen LogP contribution in [0.3, 0.4) is 0 Å². The van der Waals surface area contributed by atoms with E-state index in [0.29, 0.717) is 5.56 Å². The summed E-state index contributed by atoms with van der Waals surface area (Å²) in [7, 11) is 0. The van der Waals surface area contributed by atoms with E-state index in [1.165, 1.54) is 25.0 Å². The van der Waals surface area contributed by atoms with Gasteiger partial charge in [-0.3, -0.25) is 4.79 Å². The van der Waals surface area contributed by atoms with Gasteiger partial charge in [0.25, 0.3) is 5.91 Å². The zero-order valence-electron chi connectivity index (χ0n) is 11.3. The first-order valence-electron chi connectivity index (χ1n) is 6.93. The van der Waals surface area contributed by atoms with Gasteiger partial charge in [0.2, 0.25) is 0 Å². The van der Waals surface area contributed by atoms with Gasteiger partial charge < -0.3 is 15.1 Å². The van der Waals surface area contributed by atoms with Gasteiger partial charge in [-0.2, -0.15) is 0 Å². The van der Waals surface area contributed by atoms with E-state index >= 15 is 0 Å². The lowest BCUT2D eigenvalue weighted by Gasteiger charge is -2.32. The Labute approximate surface area is 113 Å². The Hall–Kier alpha value is -1.71. The molecule has 0 spiro atoms. The van der Waals surface area contributed by atoms with Crippen molar-refractivity contribution in [3.63, 3.8) is 0 Å². The largest absolute Gasteiger partial charge is 0.504 e. The number of carbonyl (C=O) groups excluding carboxylic acids is 1. The third-order valence-electron chi connectivity index (χ3n) is 3.82. The third kappa shape index (κ3) is 3.19. The highest BCUT2D eigenvalue weighted by Gasteiger charge is 2.23. The first-order chi connectivity index (χ1) is 9.11. The second-order valence-corrected chi connectivity index (χ2v) is 5.23. The molecular formula is C15H21NO3. The number of aromatic hydroxyl groups is 2. The molecule has 0 radical (unpaired) electrons. The van der Waals surface area contributed by atoms with E-state index in [-0.39, 0.29) is 17.4 Å². The smallest absolute Gasteiger partial charge is 0.253 e. The normalized spacial score (nSPS) is 16.6. The number of likely N-dealkylation sites (tertiary alicyclic amines) is 1. The average Bonchev–Trinajstić information content (AvgIpc) is 2.42. The van der Waals surface area contributed by atoms with Crippen molar-refractivity contribution in [2.24, 2.45) is 5.92 Å². The highest BCUT2D eigenvalue weighted by atomic mass is 16.3. The second kappa shape index (κ2) is 5.95. The Bertz CT molecular complexity index is 451. The molecular weight excluding hydrogens is 242 g/mol. The van der Waals surface area contributed by atoms with Crippen molar-refractivity contribution >= 4 is 5.91 Å². The van der Waals surface area contributed by atoms with E-state index in [0.717, 1.165) is 31.8 Å². The minimum atomic E-state index is -0.244. The number of phenols is 2. The van der Waals surface area contributed by atoms with E-state index < -0.39 is 0 Å². The van der Waals surface area contributed by atoms with Crippen molar-refractivity contribution in [2.75, 3.05) is 13.1 Å². The van der Waals surface area contributed by atoms with Crippen LogP contribution in [-0.2, 0) is 0 Å². The van der Waals surface area contributed by atoms with Crippen molar-refractivity contribution in [1.82, 2.24) is 4.90 Å². The minimum Gasteiger partial charge on any atom is -0.504 e. The second-order valence-electron chi connectivity index (χ2n) is 5.23. The van der Waals surface area contributed by atoms with Crippen molar-refractivity contribution in [3.05, 3.63) is 23.8 Å². The van der Waals surface area contributed by atoms with Crippen LogP contribution in [0.4, 0.5) is 0 Å². The molecule has 1 saturated heterocycles. The van der Waals surface area contributed by atoms with E-state index in [2.05, 4.69) is 6.92 Å². The summed E-state index contributed by atoms with van der Waals surface area (Å²) in [6.07, 6.45) is 4.56. The van der Waals surface area contributed by atoms with Gasteiger partial charge >= 0.3 is 0 Å². The summed E-state index contributed by atoms with van der Waals surface area (Å²) < 4.78 is 0. The summed E-state index contributed by atoms with van der Waals surface area (Å²) in [6.45, 7) is 3.76. The molecule has 1 fully saturated rings. The maximum atomic E-state index is 12.3. The van der Waals surface area contributed by atoms with E-state index in [1.54, 1.807) is 6.07 Å². The third-order valence-corrected chi connectivity index (χ3v) is 3.82. The molecule has 0 saturated carbocycles. The molecule has 0 aromatic heterocycles. The van der Waals surface area contributed by atoms with Crippen molar-refractivity contribution in [3.8, 4) is 11.5 Å². The summed E-state index contributed by atoms with van der Waals surface area (Å²) in [5.41, 5.74) is 0.434. The maximum Gasteiger partial charge on any atom is 0.253 e. The van der Waals surface area contributed by atoms with Gasteiger partial charge in [-0.25, -0.2) is 0 Å². The van der Waals surface area contributed by atoms with E-state index in [4.69, 9.17) is 0 Å². The van der Waals surface area contributed by atoms with Crippen LogP contribution in [0.15, 0.2) is 18.2 Å². The van der Waals surface area contributed by atoms with E-state index in [1.807, 2.05) is 4.90 Å². The summed E-state index contributed by atoms with van der Waals surface area (Å²) in [4.78, 5) is 14.1. The number of rotatable bonds is 3. The molecule has 0 bridgehead atoms. The molecule has 0 atom stereocenters. The fourth-order valence-electron chi connectivity index (χ4n) is 2.67. The SMILES string of the molecule is CCCC1CCN(C(=O)c2ccc(O)c(O)c2)CC1. The van der Waals surface area contributed by atoms with Crippen LogP contribution in [0.1, 0.15) is 43.0 Å². The number of phenolic OH excluding ortho intramolecular Hbond substituents is 2. The molecule has 2 N–H and O–H groups in total. The van der Waals surface area contributed by atoms with Gasteiger partial charge in [-0.1, -0.05) is 19.8 Å². The molecule has 0 unspecified atom stereocenters. The van der Waals surface area contributed by atoms with Crippen molar-refractivity contribution < 1.29 is 15.0 Å². The number of hydrogen-bond donors (Lipinski definition) is 2. The molecule has 4 nitrogen and oxygen atoms in total. The molecule has 1 heterocycles. The van der Waals surface area contributed by atoms with Gasteiger partial charge in [0.15, 0.2) is 11.5 Å². The number of hydrogen-bond acceptors (Lipinski definition) is 3. The van der Waals surface area contributed by atoms with Crippen LogP contribution in [0, 0.1) is 5.92 Å². The predicted octanol–water partition coefficient (Wildman–Crippen LogP) is 2.75. The molecule has 2 rings (SSSR count). The molecule has 104 valence electrons. The van der Waals surface area contributed by atoms with Crippen molar-refractivity contribution in [1.29, 1.82) is 0 Å². The lowest BCUT2D eigenvalue weighted by Crippen LogP contribution is -2.38. The van der Waals surface area contributed by atoms with Gasteiger partial charge in [0.1, 0.15) is 0 Å². The molecule has 1 amide bonds. The summed E-state index contributed by atoms with van der Waals surface area (Å²) in [6, 6.07) is 4.23. The maximum absolute atomic E-state index is 12.3. The molecule has 1 aromatic rings. The van der Waals surface area contributed by atoms with Crippen LogP contribution < -0.4 is 0 Å². The summed E-state index contributed by atoms with van der Waals surface area (Å²) in [5.74, 6) is 0.234. The number of nitrogens with zero attached hydrogens (tertiary/aromatic N) is 1. The van der Waals surface area contributed by atoms with Crippen LogP contribution in [0.5, 0.6) is 11.5 Å². The van der Waals surface area contributed by atoms with Crippen LogP contribution in [0.25, 0.3) is 0 Å². The van der Waals surface area contributed by atoms with Crippen molar-refractivity contribution in [2.45, 2.75) is 32.6 Å². The first-order valence-corrected chi connectivity index (χ1v) is 6.93. The van der Waals surface area contributed by atoms with Crippen LogP contribution in [0.2, 0.25) is 0 Å². The molecule has 1 aromatic carbocycles.